The molecule has 94 valence electrons. The Labute approximate surface area is 108 Å². The lowest BCUT2D eigenvalue weighted by Crippen LogP contribution is -2.32. The second-order valence-corrected chi connectivity index (χ2v) is 5.28. The maximum absolute atomic E-state index is 12.0. The third-order valence-electron chi connectivity index (χ3n) is 3.03. The lowest BCUT2D eigenvalue weighted by molar-refractivity contribution is 0.0951. The number of amides is 1. The van der Waals surface area contributed by atoms with Gasteiger partial charge in [0.05, 0.1) is 5.38 Å². The molecule has 0 saturated carbocycles. The van der Waals surface area contributed by atoms with Gasteiger partial charge >= 0.3 is 0 Å². The smallest absolute Gasteiger partial charge is 0.251 e. The Balaban J connectivity index is 2.68. The highest BCUT2D eigenvalue weighted by molar-refractivity contribution is 6.21. The van der Waals surface area contributed by atoms with Gasteiger partial charge in [-0.2, -0.15) is 0 Å². The van der Waals surface area contributed by atoms with E-state index in [4.69, 9.17) is 11.6 Å². The van der Waals surface area contributed by atoms with Crippen molar-refractivity contribution in [2.24, 2.45) is 5.92 Å². The molecular formula is C14H20ClNO. The van der Waals surface area contributed by atoms with E-state index < -0.39 is 0 Å². The number of hydrogen-bond acceptors (Lipinski definition) is 1. The van der Waals surface area contributed by atoms with Crippen molar-refractivity contribution in [2.75, 3.05) is 6.54 Å². The molecule has 0 fully saturated rings. The highest BCUT2D eigenvalue weighted by atomic mass is 35.5. The van der Waals surface area contributed by atoms with Crippen LogP contribution in [0.1, 0.15) is 35.3 Å². The molecule has 1 aromatic carbocycles. The number of carbonyl (C=O) groups is 1. The molecule has 3 heteroatoms. The minimum Gasteiger partial charge on any atom is -0.351 e. The molecule has 0 spiro atoms. The van der Waals surface area contributed by atoms with E-state index in [0.717, 1.165) is 16.7 Å². The second kappa shape index (κ2) is 6.06. The zero-order chi connectivity index (χ0) is 13.0. The van der Waals surface area contributed by atoms with Gasteiger partial charge in [-0.15, -0.1) is 11.6 Å². The van der Waals surface area contributed by atoms with Crippen LogP contribution in [0.3, 0.4) is 0 Å². The first kappa shape index (κ1) is 14.0. The fourth-order valence-corrected chi connectivity index (χ4v) is 1.60. The van der Waals surface area contributed by atoms with Crippen molar-refractivity contribution in [1.82, 2.24) is 5.32 Å². The Morgan fingerprint density at radius 2 is 2.00 bits per heavy atom. The van der Waals surface area contributed by atoms with E-state index in [2.05, 4.69) is 5.32 Å². The molecule has 2 nitrogen and oxygen atoms in total. The minimum absolute atomic E-state index is 0.0240. The zero-order valence-corrected chi connectivity index (χ0v) is 11.6. The van der Waals surface area contributed by atoms with Gasteiger partial charge in [-0.1, -0.05) is 26.0 Å². The Hall–Kier alpha value is -1.02. The van der Waals surface area contributed by atoms with Crippen molar-refractivity contribution >= 4 is 17.5 Å². The van der Waals surface area contributed by atoms with Crippen molar-refractivity contribution in [2.45, 2.75) is 33.1 Å². The lowest BCUT2D eigenvalue weighted by Gasteiger charge is -2.15. The molecule has 17 heavy (non-hydrogen) atoms. The first-order valence-electron chi connectivity index (χ1n) is 5.92. The van der Waals surface area contributed by atoms with Crippen LogP contribution in [0.4, 0.5) is 0 Å². The summed E-state index contributed by atoms with van der Waals surface area (Å²) in [7, 11) is 0. The van der Waals surface area contributed by atoms with Crippen LogP contribution in [-0.4, -0.2) is 17.8 Å². The third-order valence-corrected chi connectivity index (χ3v) is 3.69. The highest BCUT2D eigenvalue weighted by Crippen LogP contribution is 2.13. The van der Waals surface area contributed by atoms with E-state index in [-0.39, 0.29) is 11.3 Å². The predicted molar refractivity (Wildman–Crippen MR) is 72.7 cm³/mol. The molecule has 1 atom stereocenters. The van der Waals surface area contributed by atoms with Gasteiger partial charge in [0.25, 0.3) is 5.91 Å². The fraction of sp³-hybridized carbons (Fsp3) is 0.500. The number of halogens is 1. The Bertz CT molecular complexity index is 401. The van der Waals surface area contributed by atoms with Gasteiger partial charge in [-0.25, -0.2) is 0 Å². The van der Waals surface area contributed by atoms with Gasteiger partial charge in [-0.05, 0) is 37.0 Å². The summed E-state index contributed by atoms with van der Waals surface area (Å²) in [5, 5.41) is 2.85. The summed E-state index contributed by atoms with van der Waals surface area (Å²) in [4.78, 5) is 12.0. The number of nitrogens with one attached hydrogen (secondary N) is 1. The Kier molecular flexibility index (Phi) is 5.01. The van der Waals surface area contributed by atoms with Gasteiger partial charge in [0, 0.05) is 12.1 Å². The largest absolute Gasteiger partial charge is 0.351 e. The van der Waals surface area contributed by atoms with E-state index in [0.29, 0.717) is 12.5 Å². The standard InChI is InChI=1S/C14H20ClNO/c1-9(2)13(15)8-16-14(17)12-7-5-6-10(3)11(12)4/h5-7,9,13H,8H2,1-4H3,(H,16,17). The molecule has 1 aromatic rings. The van der Waals surface area contributed by atoms with Crippen LogP contribution in [0.25, 0.3) is 0 Å². The first-order valence-corrected chi connectivity index (χ1v) is 6.35. The number of rotatable bonds is 4. The molecule has 0 heterocycles. The lowest BCUT2D eigenvalue weighted by atomic mass is 10.0. The molecule has 0 saturated heterocycles. The van der Waals surface area contributed by atoms with Crippen LogP contribution >= 0.6 is 11.6 Å². The summed E-state index contributed by atoms with van der Waals surface area (Å²) >= 11 is 6.10. The van der Waals surface area contributed by atoms with E-state index in [1.54, 1.807) is 0 Å². The molecule has 0 bridgehead atoms. The SMILES string of the molecule is Cc1cccc(C(=O)NCC(Cl)C(C)C)c1C. The Morgan fingerprint density at radius 3 is 2.59 bits per heavy atom. The molecule has 1 amide bonds. The number of aryl methyl sites for hydroxylation is 1. The second-order valence-electron chi connectivity index (χ2n) is 4.72. The average Bonchev–Trinajstić information content (AvgIpc) is 2.29. The predicted octanol–water partition coefficient (Wildman–Crippen LogP) is 3.30. The molecule has 0 aliphatic carbocycles. The summed E-state index contributed by atoms with van der Waals surface area (Å²) in [6.07, 6.45) is 0. The molecule has 1 unspecified atom stereocenters. The number of alkyl halides is 1. The van der Waals surface area contributed by atoms with Crippen LogP contribution in [0, 0.1) is 19.8 Å². The molecule has 0 aliphatic rings. The van der Waals surface area contributed by atoms with Crippen LogP contribution in [0.2, 0.25) is 0 Å². The quantitative estimate of drug-likeness (QED) is 0.820. The summed E-state index contributed by atoms with van der Waals surface area (Å²) in [6.45, 7) is 8.56. The molecule has 0 aromatic heterocycles. The maximum atomic E-state index is 12.0. The zero-order valence-electron chi connectivity index (χ0n) is 10.9. The van der Waals surface area contributed by atoms with Crippen molar-refractivity contribution in [1.29, 1.82) is 0 Å². The summed E-state index contributed by atoms with van der Waals surface area (Å²) in [5.41, 5.74) is 2.89. The van der Waals surface area contributed by atoms with Gasteiger partial charge in [0.2, 0.25) is 0 Å². The maximum Gasteiger partial charge on any atom is 0.251 e. The summed E-state index contributed by atoms with van der Waals surface area (Å²) in [6, 6.07) is 5.75. The van der Waals surface area contributed by atoms with Crippen molar-refractivity contribution in [3.8, 4) is 0 Å². The van der Waals surface area contributed by atoms with E-state index in [1.807, 2.05) is 45.9 Å². The topological polar surface area (TPSA) is 29.1 Å². The van der Waals surface area contributed by atoms with Gasteiger partial charge in [0.15, 0.2) is 0 Å². The number of carbonyl (C=O) groups excluding carboxylic acids is 1. The van der Waals surface area contributed by atoms with Crippen LogP contribution in [0.5, 0.6) is 0 Å². The molecule has 1 N–H and O–H groups in total. The van der Waals surface area contributed by atoms with Gasteiger partial charge < -0.3 is 5.32 Å². The monoisotopic (exact) mass is 253 g/mol. The van der Waals surface area contributed by atoms with Crippen molar-refractivity contribution in [3.63, 3.8) is 0 Å². The van der Waals surface area contributed by atoms with Crippen LogP contribution < -0.4 is 5.32 Å². The highest BCUT2D eigenvalue weighted by Gasteiger charge is 2.13. The van der Waals surface area contributed by atoms with Crippen LogP contribution in [-0.2, 0) is 0 Å². The molecule has 1 rings (SSSR count). The normalized spacial score (nSPS) is 12.6. The van der Waals surface area contributed by atoms with Gasteiger partial charge in [-0.3, -0.25) is 4.79 Å². The van der Waals surface area contributed by atoms with Gasteiger partial charge in [0.1, 0.15) is 0 Å². The van der Waals surface area contributed by atoms with Crippen LogP contribution in [0.15, 0.2) is 18.2 Å². The van der Waals surface area contributed by atoms with Crippen molar-refractivity contribution in [3.05, 3.63) is 34.9 Å². The summed E-state index contributed by atoms with van der Waals surface area (Å²) in [5.74, 6) is 0.313. The first-order chi connectivity index (χ1) is 7.93. The minimum atomic E-state index is -0.0440. The number of hydrogen-bond donors (Lipinski definition) is 1. The molecular weight excluding hydrogens is 234 g/mol. The third kappa shape index (κ3) is 3.74. The Morgan fingerprint density at radius 1 is 1.35 bits per heavy atom. The average molecular weight is 254 g/mol. The molecule has 0 radical (unpaired) electrons. The van der Waals surface area contributed by atoms with E-state index in [1.165, 1.54) is 0 Å². The summed E-state index contributed by atoms with van der Waals surface area (Å²) < 4.78 is 0. The number of benzene rings is 1. The fourth-order valence-electron chi connectivity index (χ4n) is 1.52. The molecule has 0 aliphatic heterocycles. The van der Waals surface area contributed by atoms with Crippen molar-refractivity contribution < 1.29 is 4.79 Å². The van der Waals surface area contributed by atoms with E-state index >= 15 is 0 Å². The van der Waals surface area contributed by atoms with E-state index in [9.17, 15) is 4.79 Å².